The molecule has 8 heteroatoms. The van der Waals surface area contributed by atoms with Gasteiger partial charge in [-0.3, -0.25) is 14.4 Å². The molecule has 1 saturated carbocycles. The first-order valence-electron chi connectivity index (χ1n) is 13.4. The van der Waals surface area contributed by atoms with Gasteiger partial charge in [-0.25, -0.2) is 0 Å². The fourth-order valence-corrected chi connectivity index (χ4v) is 5.63. The van der Waals surface area contributed by atoms with Gasteiger partial charge in [-0.15, -0.1) is 0 Å². The van der Waals surface area contributed by atoms with Crippen molar-refractivity contribution in [1.82, 2.24) is 24.7 Å². The van der Waals surface area contributed by atoms with Gasteiger partial charge in [0.1, 0.15) is 0 Å². The van der Waals surface area contributed by atoms with Gasteiger partial charge in [-0.1, -0.05) is 18.2 Å². The molecular formula is C29H37N5O3. The molecule has 1 aliphatic carbocycles. The normalized spacial score (nSPS) is 19.6. The summed E-state index contributed by atoms with van der Waals surface area (Å²) in [5.74, 6) is 0.0253. The number of rotatable bonds is 9. The van der Waals surface area contributed by atoms with E-state index in [2.05, 4.69) is 38.4 Å². The number of nitrogens with one attached hydrogen (secondary N) is 2. The minimum Gasteiger partial charge on any atom is -0.356 e. The van der Waals surface area contributed by atoms with E-state index in [0.29, 0.717) is 19.6 Å². The third-order valence-corrected chi connectivity index (χ3v) is 7.79. The van der Waals surface area contributed by atoms with Crippen LogP contribution in [0.2, 0.25) is 0 Å². The summed E-state index contributed by atoms with van der Waals surface area (Å²) in [4.78, 5) is 39.7. The highest BCUT2D eigenvalue weighted by Gasteiger charge is 2.40. The topological polar surface area (TPSA) is 88.4 Å². The van der Waals surface area contributed by atoms with E-state index >= 15 is 0 Å². The largest absolute Gasteiger partial charge is 0.356 e. The molecule has 37 heavy (non-hydrogen) atoms. The Morgan fingerprint density at radius 2 is 1.97 bits per heavy atom. The van der Waals surface area contributed by atoms with Crippen LogP contribution in [0, 0.1) is 5.92 Å². The van der Waals surface area contributed by atoms with Gasteiger partial charge in [0.2, 0.25) is 11.8 Å². The molecule has 0 radical (unpaired) electrons. The lowest BCUT2D eigenvalue weighted by Crippen LogP contribution is -2.47. The van der Waals surface area contributed by atoms with Gasteiger partial charge in [0.05, 0.1) is 5.92 Å². The van der Waals surface area contributed by atoms with Crippen molar-refractivity contribution in [3.05, 3.63) is 70.3 Å². The molecule has 0 bridgehead atoms. The van der Waals surface area contributed by atoms with E-state index in [4.69, 9.17) is 0 Å². The van der Waals surface area contributed by atoms with E-state index in [0.717, 1.165) is 55.4 Å². The number of pyridine rings is 1. The van der Waals surface area contributed by atoms with Gasteiger partial charge >= 0.3 is 0 Å². The minimum absolute atomic E-state index is 0.0111. The van der Waals surface area contributed by atoms with Crippen LogP contribution in [0.5, 0.6) is 0 Å². The summed E-state index contributed by atoms with van der Waals surface area (Å²) in [5, 5.41) is 7.47. The summed E-state index contributed by atoms with van der Waals surface area (Å²) >= 11 is 0. The van der Waals surface area contributed by atoms with Gasteiger partial charge < -0.3 is 24.7 Å². The Balaban J connectivity index is 1.38. The molecule has 1 aliphatic heterocycles. The van der Waals surface area contributed by atoms with Gasteiger partial charge in [-0.05, 0) is 61.4 Å². The van der Waals surface area contributed by atoms with Gasteiger partial charge in [0.15, 0.2) is 0 Å². The molecule has 3 aromatic rings. The van der Waals surface area contributed by atoms with Crippen molar-refractivity contribution in [3.8, 4) is 0 Å². The van der Waals surface area contributed by atoms with Crippen LogP contribution in [0.3, 0.4) is 0 Å². The molecule has 196 valence electrons. The fraction of sp³-hybridized carbons (Fsp3) is 0.483. The van der Waals surface area contributed by atoms with Crippen LogP contribution in [-0.4, -0.2) is 51.5 Å². The Labute approximate surface area is 217 Å². The van der Waals surface area contributed by atoms with Gasteiger partial charge in [0.25, 0.3) is 5.56 Å². The summed E-state index contributed by atoms with van der Waals surface area (Å²) in [6, 6.07) is 12.3. The molecule has 3 heterocycles. The van der Waals surface area contributed by atoms with E-state index < -0.39 is 0 Å². The van der Waals surface area contributed by atoms with Crippen LogP contribution in [0.25, 0.3) is 10.9 Å². The number of hydrogen-bond donors (Lipinski definition) is 2. The monoisotopic (exact) mass is 503 g/mol. The first-order valence-corrected chi connectivity index (χ1v) is 13.4. The van der Waals surface area contributed by atoms with Crippen LogP contribution in [-0.2, 0) is 29.7 Å². The van der Waals surface area contributed by atoms with Crippen molar-refractivity contribution in [2.75, 3.05) is 19.6 Å². The number of amides is 2. The highest BCUT2D eigenvalue weighted by Crippen LogP contribution is 2.36. The number of para-hydroxylation sites is 1. The Morgan fingerprint density at radius 3 is 2.73 bits per heavy atom. The van der Waals surface area contributed by atoms with Crippen LogP contribution in [0.1, 0.15) is 49.7 Å². The zero-order chi connectivity index (χ0) is 25.9. The first-order chi connectivity index (χ1) is 17.9. The van der Waals surface area contributed by atoms with Crippen molar-refractivity contribution < 1.29 is 9.59 Å². The van der Waals surface area contributed by atoms with Crippen molar-refractivity contribution in [2.24, 2.45) is 13.0 Å². The van der Waals surface area contributed by atoms with Crippen molar-refractivity contribution in [2.45, 2.75) is 57.7 Å². The Kier molecular flexibility index (Phi) is 7.46. The van der Waals surface area contributed by atoms with E-state index in [9.17, 15) is 14.4 Å². The zero-order valence-corrected chi connectivity index (χ0v) is 21.8. The third kappa shape index (κ3) is 5.64. The van der Waals surface area contributed by atoms with E-state index in [1.54, 1.807) is 23.9 Å². The summed E-state index contributed by atoms with van der Waals surface area (Å²) in [6.45, 7) is 5.04. The van der Waals surface area contributed by atoms with E-state index in [-0.39, 0.29) is 35.3 Å². The standard InChI is InChI=1S/C29H37N5O3/c1-20(35)31-12-5-14-33-18-22(25-6-3-4-7-27(25)33)19-34(23-8-9-23)29(37)26-17-30-13-10-24(26)21-11-15-32(2)28(36)16-21/h3-4,6-7,11,15-16,18,23-24,26,30H,5,8-10,12-14,17,19H2,1-2H3,(H,31,35)/t24-,26+/m1/s1. The SMILES string of the molecule is CC(=O)NCCCn1cc(CN(C(=O)[C@H]2CNCC[C@@H]2c2ccn(C)c(=O)c2)C2CC2)c2ccccc21. The lowest BCUT2D eigenvalue weighted by atomic mass is 9.80. The van der Waals surface area contributed by atoms with Crippen molar-refractivity contribution in [3.63, 3.8) is 0 Å². The Morgan fingerprint density at radius 1 is 1.16 bits per heavy atom. The number of fused-ring (bicyclic) bond motifs is 1. The van der Waals surface area contributed by atoms with E-state index in [1.807, 2.05) is 18.2 Å². The Hall–Kier alpha value is -3.39. The number of piperidine rings is 1. The number of aromatic nitrogens is 2. The van der Waals surface area contributed by atoms with Crippen LogP contribution < -0.4 is 16.2 Å². The highest BCUT2D eigenvalue weighted by molar-refractivity contribution is 5.85. The maximum absolute atomic E-state index is 14.1. The molecule has 2 N–H and O–H groups in total. The van der Waals surface area contributed by atoms with Crippen molar-refractivity contribution in [1.29, 1.82) is 0 Å². The summed E-state index contributed by atoms with van der Waals surface area (Å²) in [7, 11) is 1.75. The lowest BCUT2D eigenvalue weighted by Gasteiger charge is -2.35. The maximum atomic E-state index is 14.1. The molecule has 0 spiro atoms. The molecule has 2 aliphatic rings. The number of aryl methyl sites for hydroxylation is 2. The molecule has 8 nitrogen and oxygen atoms in total. The predicted molar refractivity (Wildman–Crippen MR) is 144 cm³/mol. The molecule has 2 atom stereocenters. The van der Waals surface area contributed by atoms with Gasteiger partial charge in [0, 0.05) is 75.6 Å². The van der Waals surface area contributed by atoms with Crippen LogP contribution in [0.4, 0.5) is 0 Å². The molecule has 2 amide bonds. The summed E-state index contributed by atoms with van der Waals surface area (Å²) in [5.41, 5.74) is 3.24. The second kappa shape index (κ2) is 10.9. The first kappa shape index (κ1) is 25.3. The highest BCUT2D eigenvalue weighted by atomic mass is 16.2. The molecule has 2 aromatic heterocycles. The van der Waals surface area contributed by atoms with E-state index in [1.165, 1.54) is 12.3 Å². The average molecular weight is 504 g/mol. The summed E-state index contributed by atoms with van der Waals surface area (Å²) < 4.78 is 3.82. The molecule has 5 rings (SSSR count). The fourth-order valence-electron chi connectivity index (χ4n) is 5.63. The predicted octanol–water partition coefficient (Wildman–Crippen LogP) is 2.75. The smallest absolute Gasteiger partial charge is 0.250 e. The number of carbonyl (C=O) groups excluding carboxylic acids is 2. The quantitative estimate of drug-likeness (QED) is 0.440. The van der Waals surface area contributed by atoms with Crippen LogP contribution in [0.15, 0.2) is 53.6 Å². The molecule has 1 aromatic carbocycles. The second-order valence-corrected chi connectivity index (χ2v) is 10.5. The van der Waals surface area contributed by atoms with Crippen LogP contribution >= 0.6 is 0 Å². The molecule has 0 unspecified atom stereocenters. The number of hydrogen-bond acceptors (Lipinski definition) is 4. The third-order valence-electron chi connectivity index (χ3n) is 7.79. The zero-order valence-electron chi connectivity index (χ0n) is 21.8. The number of benzene rings is 1. The maximum Gasteiger partial charge on any atom is 0.250 e. The minimum atomic E-state index is -0.188. The number of nitrogens with zero attached hydrogens (tertiary/aromatic N) is 3. The molecule has 1 saturated heterocycles. The van der Waals surface area contributed by atoms with Crippen molar-refractivity contribution >= 4 is 22.7 Å². The lowest BCUT2D eigenvalue weighted by molar-refractivity contribution is -0.138. The summed E-state index contributed by atoms with van der Waals surface area (Å²) in [6.07, 6.45) is 7.75. The Bertz CT molecular complexity index is 1340. The van der Waals surface area contributed by atoms with Gasteiger partial charge in [-0.2, -0.15) is 0 Å². The second-order valence-electron chi connectivity index (χ2n) is 10.5. The average Bonchev–Trinajstić information content (AvgIpc) is 3.69. The molecular weight excluding hydrogens is 466 g/mol. The molecule has 2 fully saturated rings. The number of carbonyl (C=O) groups is 2.